The van der Waals surface area contributed by atoms with E-state index in [0.29, 0.717) is 16.8 Å². The van der Waals surface area contributed by atoms with E-state index in [0.717, 1.165) is 0 Å². The van der Waals surface area contributed by atoms with Crippen molar-refractivity contribution in [3.05, 3.63) is 125 Å². The van der Waals surface area contributed by atoms with Crippen LogP contribution in [0.15, 0.2) is 107 Å². The second-order valence-corrected chi connectivity index (χ2v) is 8.11. The van der Waals surface area contributed by atoms with Crippen LogP contribution in [0.2, 0.25) is 0 Å². The number of carbonyl (C=O) groups is 1. The Morgan fingerprint density at radius 3 is 2.54 bits per heavy atom. The Kier molecular flexibility index (Phi) is 4.80. The lowest BCUT2D eigenvalue weighted by atomic mass is 10.0. The van der Waals surface area contributed by atoms with Gasteiger partial charge >= 0.3 is 0 Å². The van der Waals surface area contributed by atoms with Gasteiger partial charge in [-0.25, -0.2) is 13.8 Å². The maximum atomic E-state index is 15.0. The van der Waals surface area contributed by atoms with Crippen molar-refractivity contribution in [3.8, 4) is 0 Å². The van der Waals surface area contributed by atoms with Crippen LogP contribution in [0.25, 0.3) is 0 Å². The standard InChI is InChI=1S/C27H19F2N5O/c28-20-12-5-4-10-18(20)22-16-23-30-14-7-15-33(23)34(22)26-27(35)32-25-19(11-6-13-21(25)29)24(31-26)17-8-2-1-3-9-17/h1-16,22,26H,(H,32,35)/t22?,26-/m0/s1/i16D. The summed E-state index contributed by atoms with van der Waals surface area (Å²) in [4.78, 5) is 22.8. The van der Waals surface area contributed by atoms with E-state index >= 15 is 4.39 Å². The fourth-order valence-electron chi connectivity index (χ4n) is 4.43. The molecule has 3 aliphatic heterocycles. The third kappa shape index (κ3) is 3.55. The predicted molar refractivity (Wildman–Crippen MR) is 129 cm³/mol. The molecule has 0 saturated heterocycles. The quantitative estimate of drug-likeness (QED) is 0.601. The van der Waals surface area contributed by atoms with Gasteiger partial charge in [0.15, 0.2) is 6.17 Å². The van der Waals surface area contributed by atoms with Crippen molar-refractivity contribution in [1.82, 2.24) is 10.0 Å². The molecule has 3 aliphatic rings. The number of benzodiazepines with no additional fused rings is 1. The SMILES string of the molecule is [2H]C1=C2N=CC=CN2N([C@@H]2N=C(c3ccccc3)c3cccc(F)c3NC2=O)C1c1ccccc1F. The smallest absolute Gasteiger partial charge is 0.266 e. The van der Waals surface area contributed by atoms with E-state index in [-0.39, 0.29) is 23.1 Å². The van der Waals surface area contributed by atoms with Gasteiger partial charge in [0.2, 0.25) is 0 Å². The minimum absolute atomic E-state index is 0.0119. The van der Waals surface area contributed by atoms with Crippen molar-refractivity contribution in [2.75, 3.05) is 5.32 Å². The van der Waals surface area contributed by atoms with Gasteiger partial charge in [-0.3, -0.25) is 14.8 Å². The number of anilines is 1. The molecule has 1 amide bonds. The number of allylic oxidation sites excluding steroid dienone is 1. The molecule has 0 aromatic heterocycles. The van der Waals surface area contributed by atoms with Gasteiger partial charge in [0.1, 0.15) is 17.5 Å². The highest BCUT2D eigenvalue weighted by Crippen LogP contribution is 2.40. The van der Waals surface area contributed by atoms with Gasteiger partial charge in [-0.2, -0.15) is 5.01 Å². The van der Waals surface area contributed by atoms with E-state index < -0.39 is 29.7 Å². The first-order valence-corrected chi connectivity index (χ1v) is 11.0. The van der Waals surface area contributed by atoms with Gasteiger partial charge < -0.3 is 5.32 Å². The molecule has 35 heavy (non-hydrogen) atoms. The fourth-order valence-corrected chi connectivity index (χ4v) is 4.43. The Labute approximate surface area is 201 Å². The van der Waals surface area contributed by atoms with E-state index in [2.05, 4.69) is 10.3 Å². The van der Waals surface area contributed by atoms with Crippen LogP contribution in [0.4, 0.5) is 14.5 Å². The lowest BCUT2D eigenvalue weighted by molar-refractivity contribution is -0.126. The molecule has 6 rings (SSSR count). The van der Waals surface area contributed by atoms with E-state index in [1.807, 2.05) is 30.3 Å². The number of fused-ring (bicyclic) bond motifs is 2. The Bertz CT molecular complexity index is 1500. The van der Waals surface area contributed by atoms with E-state index in [1.165, 1.54) is 28.4 Å². The second kappa shape index (κ2) is 8.41. The van der Waals surface area contributed by atoms with E-state index in [9.17, 15) is 9.18 Å². The zero-order chi connectivity index (χ0) is 24.8. The summed E-state index contributed by atoms with van der Waals surface area (Å²) in [6.07, 6.45) is 3.55. The number of nitrogens with zero attached hydrogens (tertiary/aromatic N) is 4. The molecule has 0 aliphatic carbocycles. The highest BCUT2D eigenvalue weighted by Gasteiger charge is 2.43. The van der Waals surface area contributed by atoms with Crippen molar-refractivity contribution in [2.24, 2.45) is 9.98 Å². The number of amides is 1. The van der Waals surface area contributed by atoms with Crippen molar-refractivity contribution in [1.29, 1.82) is 0 Å². The lowest BCUT2D eigenvalue weighted by Crippen LogP contribution is -2.49. The molecule has 2 atom stereocenters. The number of nitrogens with one attached hydrogen (secondary N) is 1. The van der Waals surface area contributed by atoms with Crippen LogP contribution in [0.1, 0.15) is 24.1 Å². The Morgan fingerprint density at radius 1 is 0.943 bits per heavy atom. The van der Waals surface area contributed by atoms with Crippen LogP contribution in [0.5, 0.6) is 0 Å². The summed E-state index contributed by atoms with van der Waals surface area (Å²) >= 11 is 0. The average Bonchev–Trinajstić information content (AvgIpc) is 3.09. The molecule has 0 radical (unpaired) electrons. The van der Waals surface area contributed by atoms with Crippen molar-refractivity contribution in [2.45, 2.75) is 12.2 Å². The number of rotatable bonds is 3. The van der Waals surface area contributed by atoms with Gasteiger partial charge in [0.25, 0.3) is 5.91 Å². The molecule has 0 bridgehead atoms. The minimum atomic E-state index is -1.27. The van der Waals surface area contributed by atoms with Gasteiger partial charge in [-0.05, 0) is 24.3 Å². The number of para-hydroxylation sites is 1. The normalized spacial score (nSPS) is 21.8. The number of aliphatic imine (C=N–C) groups is 2. The third-order valence-electron chi connectivity index (χ3n) is 6.01. The molecule has 6 nitrogen and oxygen atoms in total. The van der Waals surface area contributed by atoms with E-state index in [4.69, 9.17) is 6.36 Å². The maximum absolute atomic E-state index is 15.0. The number of halogens is 2. The fraction of sp³-hybridized carbons (Fsp3) is 0.0741. The van der Waals surface area contributed by atoms with Crippen molar-refractivity contribution in [3.63, 3.8) is 0 Å². The average molecular weight is 468 g/mol. The molecule has 172 valence electrons. The van der Waals surface area contributed by atoms with Gasteiger partial charge in [-0.15, -0.1) is 0 Å². The highest BCUT2D eigenvalue weighted by molar-refractivity contribution is 6.19. The van der Waals surface area contributed by atoms with Crippen molar-refractivity contribution >= 4 is 23.5 Å². The van der Waals surface area contributed by atoms with Gasteiger partial charge in [0.05, 0.1) is 18.8 Å². The number of benzene rings is 3. The summed E-state index contributed by atoms with van der Waals surface area (Å²) in [6.45, 7) is 0. The number of hydrogen-bond acceptors (Lipinski definition) is 5. The molecule has 3 aromatic rings. The molecule has 1 N–H and O–H groups in total. The zero-order valence-electron chi connectivity index (χ0n) is 19.3. The van der Waals surface area contributed by atoms with Crippen molar-refractivity contribution < 1.29 is 14.9 Å². The number of hydrogen-bond donors (Lipinski definition) is 1. The molecular weight excluding hydrogens is 448 g/mol. The van der Waals surface area contributed by atoms with Crippen LogP contribution in [0, 0.1) is 11.6 Å². The molecule has 0 spiro atoms. The number of hydrazine groups is 1. The molecule has 0 saturated carbocycles. The molecule has 1 unspecified atom stereocenters. The second-order valence-electron chi connectivity index (χ2n) is 8.11. The Hall–Kier alpha value is -4.43. The molecular formula is C27H19F2N5O. The summed E-state index contributed by atoms with van der Waals surface area (Å²) in [7, 11) is 0. The first-order chi connectivity index (χ1) is 17.5. The maximum Gasteiger partial charge on any atom is 0.266 e. The summed E-state index contributed by atoms with van der Waals surface area (Å²) in [5.74, 6) is -1.49. The molecule has 8 heteroatoms. The first kappa shape index (κ1) is 20.0. The largest absolute Gasteiger partial charge is 0.320 e. The van der Waals surface area contributed by atoms with E-state index in [1.54, 1.807) is 42.6 Å². The van der Waals surface area contributed by atoms with Crippen LogP contribution < -0.4 is 5.32 Å². The Balaban J connectivity index is 1.57. The van der Waals surface area contributed by atoms with Crippen LogP contribution in [-0.2, 0) is 4.79 Å². The topological polar surface area (TPSA) is 60.3 Å². The summed E-state index contributed by atoms with van der Waals surface area (Å²) in [5.41, 5.74) is 1.71. The number of carbonyl (C=O) groups excluding carboxylic acids is 1. The van der Waals surface area contributed by atoms with Gasteiger partial charge in [0, 0.05) is 29.1 Å². The molecule has 0 fully saturated rings. The first-order valence-electron chi connectivity index (χ1n) is 11.5. The van der Waals surface area contributed by atoms with Crippen LogP contribution >= 0.6 is 0 Å². The summed E-state index contributed by atoms with van der Waals surface area (Å²) in [6, 6.07) is 18.8. The monoisotopic (exact) mass is 468 g/mol. The molecule has 3 heterocycles. The predicted octanol–water partition coefficient (Wildman–Crippen LogP) is 4.79. The van der Waals surface area contributed by atoms with Crippen LogP contribution in [-0.4, -0.2) is 34.0 Å². The zero-order valence-corrected chi connectivity index (χ0v) is 18.3. The minimum Gasteiger partial charge on any atom is -0.320 e. The highest BCUT2D eigenvalue weighted by atomic mass is 19.1. The van der Waals surface area contributed by atoms with Gasteiger partial charge in [-0.1, -0.05) is 60.7 Å². The molecule has 3 aromatic carbocycles. The summed E-state index contributed by atoms with van der Waals surface area (Å²) < 4.78 is 38.8. The lowest BCUT2D eigenvalue weighted by Gasteiger charge is -2.36. The van der Waals surface area contributed by atoms with Crippen LogP contribution in [0.3, 0.4) is 0 Å². The summed E-state index contributed by atoms with van der Waals surface area (Å²) in [5, 5.41) is 5.72. The Morgan fingerprint density at radius 2 is 1.71 bits per heavy atom. The third-order valence-corrected chi connectivity index (χ3v) is 6.01.